The lowest BCUT2D eigenvalue weighted by atomic mass is 10.1. The zero-order valence-electron chi connectivity index (χ0n) is 14.3. The van der Waals surface area contributed by atoms with E-state index in [4.69, 9.17) is 44.8 Å². The van der Waals surface area contributed by atoms with Crippen molar-refractivity contribution in [2.45, 2.75) is 33.8 Å². The van der Waals surface area contributed by atoms with Crippen LogP contribution in [0.3, 0.4) is 0 Å². The van der Waals surface area contributed by atoms with Gasteiger partial charge < -0.3 is 26.7 Å². The summed E-state index contributed by atoms with van der Waals surface area (Å²) in [5.74, 6) is 0.565. The molecule has 0 heterocycles. The molecule has 6 N–H and O–H groups in total. The first-order valence-electron chi connectivity index (χ1n) is 7.37. The largest absolute Gasteiger partial charge is 0.486 e. The van der Waals surface area contributed by atoms with Crippen molar-refractivity contribution >= 4 is 44.0 Å². The zero-order chi connectivity index (χ0) is 18.9. The van der Waals surface area contributed by atoms with E-state index < -0.39 is 6.10 Å². The standard InChI is InChI=1S/C14H19Cl2N4OP.C2H6/c1-7(18)10-5-9(3-4-12(10)20-22)21-8(2)13(14(16)19)11(15)6-17;1-2/h3-6,8,18,20H,17,19,22H2,1-2H3;1-2H3/b11-6+,14-13-,18-7?;. The summed E-state index contributed by atoms with van der Waals surface area (Å²) < 4.78 is 5.82. The molecule has 0 aromatic heterocycles. The molecule has 0 saturated heterocycles. The van der Waals surface area contributed by atoms with Gasteiger partial charge in [0.25, 0.3) is 0 Å². The molecule has 2 unspecified atom stereocenters. The van der Waals surface area contributed by atoms with Crippen LogP contribution in [0.4, 0.5) is 5.69 Å². The lowest BCUT2D eigenvalue weighted by Gasteiger charge is -2.19. The van der Waals surface area contributed by atoms with Gasteiger partial charge >= 0.3 is 0 Å². The molecule has 0 fully saturated rings. The lowest BCUT2D eigenvalue weighted by Crippen LogP contribution is -2.19. The molecule has 0 bridgehead atoms. The highest BCUT2D eigenvalue weighted by Gasteiger charge is 2.18. The third-order valence-corrected chi connectivity index (χ3v) is 3.78. The van der Waals surface area contributed by atoms with Crippen molar-refractivity contribution in [2.24, 2.45) is 11.5 Å². The summed E-state index contributed by atoms with van der Waals surface area (Å²) in [5, 5.41) is 11.0. The van der Waals surface area contributed by atoms with E-state index in [0.717, 1.165) is 11.3 Å². The Morgan fingerprint density at radius 3 is 2.38 bits per heavy atom. The molecule has 2 atom stereocenters. The number of hydrogen-bond donors (Lipinski definition) is 4. The van der Waals surface area contributed by atoms with Gasteiger partial charge in [-0.3, -0.25) is 0 Å². The smallest absolute Gasteiger partial charge is 0.125 e. The zero-order valence-corrected chi connectivity index (χ0v) is 16.9. The molecule has 0 saturated carbocycles. The monoisotopic (exact) mass is 390 g/mol. The minimum Gasteiger partial charge on any atom is -0.486 e. The molecule has 0 aliphatic carbocycles. The number of halogens is 2. The fourth-order valence-corrected chi connectivity index (χ4v) is 2.70. The first-order valence-corrected chi connectivity index (χ1v) is 8.70. The summed E-state index contributed by atoms with van der Waals surface area (Å²) in [4.78, 5) is 0. The predicted octanol–water partition coefficient (Wildman–Crippen LogP) is 4.52. The van der Waals surface area contributed by atoms with Crippen molar-refractivity contribution in [1.29, 1.82) is 5.41 Å². The molecular weight excluding hydrogens is 366 g/mol. The van der Waals surface area contributed by atoms with Crippen molar-refractivity contribution in [3.8, 4) is 5.75 Å². The molecule has 24 heavy (non-hydrogen) atoms. The van der Waals surface area contributed by atoms with E-state index in [1.54, 1.807) is 26.0 Å². The van der Waals surface area contributed by atoms with Gasteiger partial charge in [0.05, 0.1) is 5.03 Å². The first-order chi connectivity index (χ1) is 11.3. The van der Waals surface area contributed by atoms with E-state index in [1.165, 1.54) is 6.20 Å². The van der Waals surface area contributed by atoms with Gasteiger partial charge in [-0.05, 0) is 41.4 Å². The predicted molar refractivity (Wildman–Crippen MR) is 109 cm³/mol. The molecule has 8 heteroatoms. The summed E-state index contributed by atoms with van der Waals surface area (Å²) in [6, 6.07) is 5.35. The summed E-state index contributed by atoms with van der Waals surface area (Å²) in [7, 11) is 2.40. The van der Waals surface area contributed by atoms with E-state index in [-0.39, 0.29) is 10.2 Å². The molecule has 0 aliphatic rings. The molecule has 5 nitrogen and oxygen atoms in total. The molecule has 0 aliphatic heterocycles. The molecule has 1 aromatic carbocycles. The third-order valence-electron chi connectivity index (χ3n) is 2.93. The number of anilines is 1. The highest BCUT2D eigenvalue weighted by Crippen LogP contribution is 2.28. The molecule has 0 radical (unpaired) electrons. The number of rotatable bonds is 6. The molecule has 1 rings (SSSR count). The number of nitrogens with two attached hydrogens (primary N) is 2. The second-order valence-corrected chi connectivity index (χ2v) is 5.62. The second kappa shape index (κ2) is 11.2. The Kier molecular flexibility index (Phi) is 10.5. The maximum Gasteiger partial charge on any atom is 0.125 e. The van der Waals surface area contributed by atoms with Crippen LogP contribution in [0.5, 0.6) is 5.75 Å². The van der Waals surface area contributed by atoms with E-state index in [0.29, 0.717) is 17.0 Å². The molecule has 0 amide bonds. The van der Waals surface area contributed by atoms with Crippen LogP contribution in [-0.2, 0) is 0 Å². The van der Waals surface area contributed by atoms with E-state index in [9.17, 15) is 0 Å². The van der Waals surface area contributed by atoms with E-state index in [1.807, 2.05) is 19.9 Å². The van der Waals surface area contributed by atoms with Crippen LogP contribution in [-0.4, -0.2) is 11.8 Å². The van der Waals surface area contributed by atoms with Crippen LogP contribution < -0.4 is 21.3 Å². The van der Waals surface area contributed by atoms with Gasteiger partial charge in [0.1, 0.15) is 17.0 Å². The van der Waals surface area contributed by atoms with Crippen molar-refractivity contribution in [3.63, 3.8) is 0 Å². The third kappa shape index (κ3) is 6.23. The quantitative estimate of drug-likeness (QED) is 0.248. The Hall–Kier alpha value is -1.42. The summed E-state index contributed by atoms with van der Waals surface area (Å²) >= 11 is 11.9. The Morgan fingerprint density at radius 1 is 1.38 bits per heavy atom. The minimum absolute atomic E-state index is 0.0194. The first kappa shape index (κ1) is 22.6. The summed E-state index contributed by atoms with van der Waals surface area (Å²) in [6.45, 7) is 7.46. The van der Waals surface area contributed by atoms with Gasteiger partial charge in [-0.15, -0.1) is 0 Å². The second-order valence-electron chi connectivity index (χ2n) is 4.51. The van der Waals surface area contributed by atoms with Gasteiger partial charge in [-0.2, -0.15) is 0 Å². The number of hydrogen-bond acceptors (Lipinski definition) is 5. The Bertz CT molecular complexity index is 629. The molecular formula is C16H25Cl2N4OP. The lowest BCUT2D eigenvalue weighted by molar-refractivity contribution is 0.260. The van der Waals surface area contributed by atoms with Crippen molar-refractivity contribution in [1.82, 2.24) is 0 Å². The van der Waals surface area contributed by atoms with Crippen molar-refractivity contribution in [3.05, 3.63) is 45.7 Å². The molecule has 134 valence electrons. The van der Waals surface area contributed by atoms with E-state index in [2.05, 4.69) is 14.5 Å². The van der Waals surface area contributed by atoms with Gasteiger partial charge in [0.2, 0.25) is 0 Å². The summed E-state index contributed by atoms with van der Waals surface area (Å²) in [6.07, 6.45) is 0.707. The van der Waals surface area contributed by atoms with Gasteiger partial charge in [0, 0.05) is 28.7 Å². The Morgan fingerprint density at radius 2 is 1.96 bits per heavy atom. The van der Waals surface area contributed by atoms with Crippen LogP contribution in [0.2, 0.25) is 0 Å². The molecule has 0 spiro atoms. The maximum absolute atomic E-state index is 7.81. The topological polar surface area (TPSA) is 97.1 Å². The van der Waals surface area contributed by atoms with Crippen LogP contribution in [0, 0.1) is 5.41 Å². The fraction of sp³-hybridized carbons (Fsp3) is 0.312. The Labute approximate surface area is 156 Å². The molecule has 1 aromatic rings. The van der Waals surface area contributed by atoms with Gasteiger partial charge in [-0.25, -0.2) is 0 Å². The van der Waals surface area contributed by atoms with Gasteiger partial charge in [-0.1, -0.05) is 37.0 Å². The average Bonchev–Trinajstić information content (AvgIpc) is 2.56. The highest BCUT2D eigenvalue weighted by atomic mass is 35.5. The van der Waals surface area contributed by atoms with Crippen LogP contribution in [0.25, 0.3) is 0 Å². The summed E-state index contributed by atoms with van der Waals surface area (Å²) in [5.41, 5.74) is 13.4. The highest BCUT2D eigenvalue weighted by molar-refractivity contribution is 7.18. The average molecular weight is 391 g/mol. The number of nitrogens with one attached hydrogen (secondary N) is 2. The van der Waals surface area contributed by atoms with Crippen molar-refractivity contribution < 1.29 is 4.74 Å². The number of ether oxygens (including phenoxy) is 1. The van der Waals surface area contributed by atoms with Crippen LogP contribution in [0.15, 0.2) is 40.2 Å². The van der Waals surface area contributed by atoms with Crippen LogP contribution in [0.1, 0.15) is 33.3 Å². The van der Waals surface area contributed by atoms with Crippen LogP contribution >= 0.6 is 32.6 Å². The van der Waals surface area contributed by atoms with E-state index >= 15 is 0 Å². The Balaban J connectivity index is 0.00000254. The minimum atomic E-state index is -0.501. The normalized spacial score (nSPS) is 13.2. The SMILES string of the molecule is CC.CC(=N)c1cc(OC(C)C(/C(Cl)=C\N)=C(/N)Cl)ccc1NP. The number of benzene rings is 1. The van der Waals surface area contributed by atoms with Gasteiger partial charge in [0.15, 0.2) is 0 Å². The van der Waals surface area contributed by atoms with Crippen molar-refractivity contribution in [2.75, 3.05) is 5.09 Å². The fourth-order valence-electron chi connectivity index (χ4n) is 1.89. The maximum atomic E-state index is 7.81.